The van der Waals surface area contributed by atoms with E-state index in [1.807, 2.05) is 0 Å². The molecule has 2 aromatic rings. The largest absolute Gasteiger partial charge is 0.366 e. The van der Waals surface area contributed by atoms with E-state index in [4.69, 9.17) is 4.74 Å². The number of nitrogens with zero attached hydrogens (tertiary/aromatic N) is 2. The van der Waals surface area contributed by atoms with Crippen LogP contribution in [0.2, 0.25) is 0 Å². The van der Waals surface area contributed by atoms with Crippen molar-refractivity contribution < 1.29 is 9.64 Å². The van der Waals surface area contributed by atoms with E-state index in [9.17, 15) is 0 Å². The zero-order valence-electron chi connectivity index (χ0n) is 13.6. The maximum absolute atomic E-state index is 5.95. The molecule has 1 saturated heterocycles. The Balaban J connectivity index is 1.24. The van der Waals surface area contributed by atoms with E-state index in [0.717, 1.165) is 41.5 Å². The van der Waals surface area contributed by atoms with E-state index in [0.29, 0.717) is 12.1 Å². The van der Waals surface area contributed by atoms with Crippen molar-refractivity contribution in [3.63, 3.8) is 0 Å². The highest BCUT2D eigenvalue weighted by molar-refractivity contribution is 8.01. The van der Waals surface area contributed by atoms with Crippen LogP contribution in [0.3, 0.4) is 0 Å². The van der Waals surface area contributed by atoms with Gasteiger partial charge < -0.3 is 15.0 Å². The van der Waals surface area contributed by atoms with Crippen molar-refractivity contribution in [3.8, 4) is 0 Å². The molecular weight excluding hydrogens is 340 g/mol. The minimum Gasteiger partial charge on any atom is -0.366 e. The van der Waals surface area contributed by atoms with Crippen LogP contribution in [0, 0.1) is 0 Å². The number of hydrogen-bond acceptors (Lipinski definition) is 6. The lowest BCUT2D eigenvalue weighted by Crippen LogP contribution is -3.13. The van der Waals surface area contributed by atoms with Gasteiger partial charge in [-0.25, -0.2) is 0 Å². The molecule has 0 bridgehead atoms. The molecular formula is C17H23N4OS2+. The molecule has 1 aromatic carbocycles. The van der Waals surface area contributed by atoms with Crippen LogP contribution in [0.5, 0.6) is 0 Å². The van der Waals surface area contributed by atoms with Gasteiger partial charge in [-0.1, -0.05) is 53.4 Å². The van der Waals surface area contributed by atoms with Crippen LogP contribution in [0.25, 0.3) is 0 Å². The van der Waals surface area contributed by atoms with E-state index in [2.05, 4.69) is 45.8 Å². The standard InChI is InChI=1S/C17H22N4OS2/c1-2-4-13(5-3-1)10-21-8-9-22-15(11-21)12-23-17-20-19-16(24-17)18-14-6-7-14/h1-5,14-15H,6-12H2,(H,18,19)/p+1/t15-/m1/s1. The van der Waals surface area contributed by atoms with Gasteiger partial charge in [0.05, 0.1) is 6.61 Å². The van der Waals surface area contributed by atoms with Crippen molar-refractivity contribution in [3.05, 3.63) is 35.9 Å². The lowest BCUT2D eigenvalue weighted by molar-refractivity contribution is -0.924. The molecule has 4 rings (SSSR count). The van der Waals surface area contributed by atoms with Crippen molar-refractivity contribution in [2.24, 2.45) is 0 Å². The van der Waals surface area contributed by atoms with Gasteiger partial charge in [0.15, 0.2) is 4.34 Å². The Morgan fingerprint density at radius 3 is 2.96 bits per heavy atom. The predicted molar refractivity (Wildman–Crippen MR) is 97.9 cm³/mol. The molecule has 0 amide bonds. The molecule has 1 aliphatic heterocycles. The first-order chi connectivity index (χ1) is 11.8. The van der Waals surface area contributed by atoms with Gasteiger partial charge in [-0.05, 0) is 12.8 Å². The second-order valence-corrected chi connectivity index (χ2v) is 8.71. The van der Waals surface area contributed by atoms with Gasteiger partial charge in [0, 0.05) is 17.4 Å². The molecule has 128 valence electrons. The van der Waals surface area contributed by atoms with E-state index < -0.39 is 0 Å². The van der Waals surface area contributed by atoms with Crippen LogP contribution >= 0.6 is 23.1 Å². The molecule has 5 nitrogen and oxygen atoms in total. The summed E-state index contributed by atoms with van der Waals surface area (Å²) in [6, 6.07) is 11.4. The van der Waals surface area contributed by atoms with Crippen molar-refractivity contribution in [2.45, 2.75) is 35.9 Å². The van der Waals surface area contributed by atoms with Crippen molar-refractivity contribution in [1.82, 2.24) is 10.2 Å². The summed E-state index contributed by atoms with van der Waals surface area (Å²) in [6.45, 7) is 4.08. The Kier molecular flexibility index (Phi) is 5.32. The summed E-state index contributed by atoms with van der Waals surface area (Å²) in [5, 5.41) is 12.9. The average Bonchev–Trinajstić information content (AvgIpc) is 3.31. The van der Waals surface area contributed by atoms with Crippen LogP contribution in [-0.2, 0) is 11.3 Å². The van der Waals surface area contributed by atoms with E-state index in [1.54, 1.807) is 28.0 Å². The van der Waals surface area contributed by atoms with Gasteiger partial charge in [0.2, 0.25) is 5.13 Å². The number of rotatable bonds is 7. The summed E-state index contributed by atoms with van der Waals surface area (Å²) < 4.78 is 6.99. The third-order valence-corrected chi connectivity index (χ3v) is 6.45. The molecule has 24 heavy (non-hydrogen) atoms. The third kappa shape index (κ3) is 4.69. The number of nitrogens with one attached hydrogen (secondary N) is 2. The molecule has 1 aliphatic carbocycles. The Morgan fingerprint density at radius 2 is 2.12 bits per heavy atom. The smallest absolute Gasteiger partial charge is 0.206 e. The third-order valence-electron chi connectivity index (χ3n) is 4.33. The lowest BCUT2D eigenvalue weighted by Gasteiger charge is -2.29. The Labute approximate surface area is 150 Å². The number of anilines is 1. The maximum Gasteiger partial charge on any atom is 0.206 e. The van der Waals surface area contributed by atoms with Crippen LogP contribution in [0.1, 0.15) is 18.4 Å². The fraction of sp³-hybridized carbons (Fsp3) is 0.529. The molecule has 7 heteroatoms. The average molecular weight is 364 g/mol. The number of thioether (sulfide) groups is 1. The number of benzene rings is 1. The Bertz CT molecular complexity index is 647. The van der Waals surface area contributed by atoms with Crippen LogP contribution < -0.4 is 10.2 Å². The molecule has 1 unspecified atom stereocenters. The van der Waals surface area contributed by atoms with Crippen LogP contribution in [0.15, 0.2) is 34.7 Å². The number of morpholine rings is 1. The van der Waals surface area contributed by atoms with Gasteiger partial charge in [0.25, 0.3) is 0 Å². The highest BCUT2D eigenvalue weighted by atomic mass is 32.2. The quantitative estimate of drug-likeness (QED) is 0.733. The van der Waals surface area contributed by atoms with Crippen molar-refractivity contribution in [2.75, 3.05) is 30.8 Å². The first kappa shape index (κ1) is 16.3. The fourth-order valence-corrected chi connectivity index (χ4v) is 4.77. The van der Waals surface area contributed by atoms with E-state index >= 15 is 0 Å². The maximum atomic E-state index is 5.95. The number of hydrogen-bond donors (Lipinski definition) is 2. The van der Waals surface area contributed by atoms with Gasteiger partial charge in [-0.3, -0.25) is 0 Å². The van der Waals surface area contributed by atoms with E-state index in [-0.39, 0.29) is 0 Å². The minimum absolute atomic E-state index is 0.297. The molecule has 2 fully saturated rings. The normalized spacial score (nSPS) is 24.0. The zero-order chi connectivity index (χ0) is 16.2. The first-order valence-corrected chi connectivity index (χ1v) is 10.4. The van der Waals surface area contributed by atoms with Gasteiger partial charge >= 0.3 is 0 Å². The number of quaternary nitrogens is 1. The van der Waals surface area contributed by atoms with Crippen molar-refractivity contribution in [1.29, 1.82) is 0 Å². The molecule has 2 aliphatic rings. The van der Waals surface area contributed by atoms with Crippen LogP contribution in [0.4, 0.5) is 5.13 Å². The first-order valence-electron chi connectivity index (χ1n) is 8.57. The highest BCUT2D eigenvalue weighted by Crippen LogP contribution is 2.30. The number of aromatic nitrogens is 2. The molecule has 2 N–H and O–H groups in total. The minimum atomic E-state index is 0.297. The summed E-state index contributed by atoms with van der Waals surface area (Å²) in [4.78, 5) is 1.60. The fourth-order valence-electron chi connectivity index (χ4n) is 2.90. The molecule has 0 spiro atoms. The molecule has 0 radical (unpaired) electrons. The lowest BCUT2D eigenvalue weighted by atomic mass is 10.2. The van der Waals surface area contributed by atoms with Gasteiger partial charge in [0.1, 0.15) is 25.7 Å². The highest BCUT2D eigenvalue weighted by Gasteiger charge is 2.25. The summed E-state index contributed by atoms with van der Waals surface area (Å²) in [5.41, 5.74) is 1.40. The van der Waals surface area contributed by atoms with Gasteiger partial charge in [-0.2, -0.15) is 0 Å². The second-order valence-electron chi connectivity index (χ2n) is 6.46. The van der Waals surface area contributed by atoms with Crippen LogP contribution in [-0.4, -0.2) is 47.8 Å². The summed E-state index contributed by atoms with van der Waals surface area (Å²) in [5.74, 6) is 0.955. The van der Waals surface area contributed by atoms with Gasteiger partial charge in [-0.15, -0.1) is 10.2 Å². The zero-order valence-corrected chi connectivity index (χ0v) is 15.2. The monoisotopic (exact) mass is 363 g/mol. The SMILES string of the molecule is c1ccc(C[NH+]2CCO[C@@H](CSc3nnc(NC4CC4)s3)C2)cc1. The Morgan fingerprint density at radius 1 is 1.25 bits per heavy atom. The Hall–Kier alpha value is -1.15. The summed E-state index contributed by atoms with van der Waals surface area (Å²) >= 11 is 3.43. The topological polar surface area (TPSA) is 51.5 Å². The molecule has 2 atom stereocenters. The molecule has 2 heterocycles. The predicted octanol–water partition coefficient (Wildman–Crippen LogP) is 1.69. The molecule has 1 aromatic heterocycles. The summed E-state index contributed by atoms with van der Waals surface area (Å²) in [6.07, 6.45) is 2.82. The summed E-state index contributed by atoms with van der Waals surface area (Å²) in [7, 11) is 0. The van der Waals surface area contributed by atoms with E-state index in [1.165, 1.54) is 18.4 Å². The second kappa shape index (κ2) is 7.82. The van der Waals surface area contributed by atoms with Crippen molar-refractivity contribution >= 4 is 28.2 Å². The number of ether oxygens (including phenoxy) is 1. The molecule has 1 saturated carbocycles.